The molecule has 0 bridgehead atoms. The second kappa shape index (κ2) is 11.2. The molecule has 1 nitrogen and oxygen atoms in total. The maximum atomic E-state index is 13.1. The monoisotopic (exact) mass is 316 g/mol. The molecule has 0 aliphatic carbocycles. The molecule has 1 saturated heterocycles. The van der Waals surface area contributed by atoms with E-state index < -0.39 is 37.1 Å². The lowest BCUT2D eigenvalue weighted by Gasteiger charge is -2.37. The van der Waals surface area contributed by atoms with E-state index in [1.807, 2.05) is 0 Å². The maximum Gasteiger partial charge on any atom is 0.302 e. The molecule has 0 aromatic carbocycles. The largest absolute Gasteiger partial charge is 0.335 e. The first-order chi connectivity index (χ1) is 7.08. The van der Waals surface area contributed by atoms with Crippen molar-refractivity contribution >= 4 is 0 Å². The summed E-state index contributed by atoms with van der Waals surface area (Å²) in [5.74, 6) is -10.2. The highest BCUT2D eigenvalue weighted by Crippen LogP contribution is 2.43. The number of alkyl halides is 6. The summed E-state index contributed by atoms with van der Waals surface area (Å²) in [6.07, 6.45) is -1.89. The molecule has 0 radical (unpaired) electrons. The Bertz CT molecular complexity index is 205. The van der Waals surface area contributed by atoms with Crippen LogP contribution in [0.25, 0.3) is 0 Å². The Morgan fingerprint density at radius 1 is 1.00 bits per heavy atom. The Labute approximate surface area is 119 Å². The third-order valence-corrected chi connectivity index (χ3v) is 1.98. The minimum Gasteiger partial charge on any atom is -0.335 e. The Kier molecular flexibility index (Phi) is 17.8. The molecule has 0 amide bonds. The summed E-state index contributed by atoms with van der Waals surface area (Å²) in [6.45, 7) is 0.239. The van der Waals surface area contributed by atoms with Crippen molar-refractivity contribution in [1.29, 1.82) is 0 Å². The van der Waals surface area contributed by atoms with Gasteiger partial charge in [0.15, 0.2) is 0 Å². The van der Waals surface area contributed by atoms with Gasteiger partial charge in [-0.05, 0) is 6.92 Å². The molecule has 0 N–H and O–H groups in total. The van der Waals surface area contributed by atoms with E-state index in [9.17, 15) is 26.3 Å². The molecule has 1 unspecified atom stereocenters. The van der Waals surface area contributed by atoms with Crippen LogP contribution in [-0.4, -0.2) is 31.0 Å². The molecule has 7 heteroatoms. The van der Waals surface area contributed by atoms with Crippen LogP contribution in [0, 0.1) is 0 Å². The minimum atomic E-state index is -3.75. The molecule has 0 spiro atoms. The van der Waals surface area contributed by atoms with Crippen LogP contribution in [0.4, 0.5) is 26.3 Å². The first-order valence-electron chi connectivity index (χ1n) is 4.72. The van der Waals surface area contributed by atoms with Gasteiger partial charge >= 0.3 is 5.92 Å². The number of rotatable bonds is 1. The zero-order chi connectivity index (χ0) is 13.0. The Hall–Kier alpha value is -0.460. The quantitative estimate of drug-likeness (QED) is 0.518. The van der Waals surface area contributed by atoms with E-state index >= 15 is 0 Å². The van der Waals surface area contributed by atoms with Crippen molar-refractivity contribution in [2.45, 2.75) is 74.1 Å². The average Bonchev–Trinajstić information content (AvgIpc) is 2.10. The SMILES string of the molecule is C.C.C.C.CC(F)(F)C1(F)CCC(F)(F)CO1.CCF. The lowest BCUT2D eigenvalue weighted by molar-refractivity contribution is -0.317. The summed E-state index contributed by atoms with van der Waals surface area (Å²) < 4.78 is 77.1. The van der Waals surface area contributed by atoms with E-state index in [0.717, 1.165) is 0 Å². The van der Waals surface area contributed by atoms with Crippen molar-refractivity contribution < 1.29 is 31.1 Å². The predicted molar refractivity (Wildman–Crippen MR) is 73.2 cm³/mol. The fourth-order valence-electron chi connectivity index (χ4n) is 1.05. The van der Waals surface area contributed by atoms with Crippen molar-refractivity contribution in [3.05, 3.63) is 0 Å². The van der Waals surface area contributed by atoms with Gasteiger partial charge in [-0.2, -0.15) is 0 Å². The lowest BCUT2D eigenvalue weighted by atomic mass is 10.00. The van der Waals surface area contributed by atoms with Gasteiger partial charge in [-0.1, -0.05) is 29.7 Å². The molecule has 1 aliphatic heterocycles. The average molecular weight is 316 g/mol. The van der Waals surface area contributed by atoms with E-state index in [1.165, 1.54) is 6.92 Å². The summed E-state index contributed by atoms with van der Waals surface area (Å²) in [5.41, 5.74) is 0. The molecule has 20 heavy (non-hydrogen) atoms. The van der Waals surface area contributed by atoms with Crippen molar-refractivity contribution in [2.75, 3.05) is 13.3 Å². The molecule has 1 fully saturated rings. The predicted octanol–water partition coefficient (Wildman–Crippen LogP) is 6.27. The Balaban J connectivity index is -0.0000000987. The van der Waals surface area contributed by atoms with Crippen LogP contribution in [0.15, 0.2) is 0 Å². The summed E-state index contributed by atoms with van der Waals surface area (Å²) in [7, 11) is 0. The topological polar surface area (TPSA) is 9.23 Å². The van der Waals surface area contributed by atoms with E-state index in [-0.39, 0.29) is 36.4 Å². The molecule has 0 saturated carbocycles. The van der Waals surface area contributed by atoms with Crippen LogP contribution in [-0.2, 0) is 4.74 Å². The minimum absolute atomic E-state index is 0. The summed E-state index contributed by atoms with van der Waals surface area (Å²) in [6, 6.07) is 0. The molecular weight excluding hydrogens is 286 g/mol. The van der Waals surface area contributed by atoms with Gasteiger partial charge in [0.25, 0.3) is 11.8 Å². The summed E-state index contributed by atoms with van der Waals surface area (Å²) in [5, 5.41) is 0. The van der Waals surface area contributed by atoms with E-state index in [0.29, 0.717) is 6.92 Å². The Morgan fingerprint density at radius 3 is 1.55 bits per heavy atom. The van der Waals surface area contributed by atoms with Gasteiger partial charge in [-0.3, -0.25) is 4.39 Å². The molecule has 0 aromatic heterocycles. The van der Waals surface area contributed by atoms with Gasteiger partial charge in [0, 0.05) is 19.8 Å². The summed E-state index contributed by atoms with van der Waals surface area (Å²) >= 11 is 0. The first kappa shape index (κ1) is 31.8. The molecule has 1 rings (SSSR count). The van der Waals surface area contributed by atoms with Crippen molar-refractivity contribution in [3.63, 3.8) is 0 Å². The number of halogens is 6. The Morgan fingerprint density at radius 2 is 1.35 bits per heavy atom. The van der Waals surface area contributed by atoms with Gasteiger partial charge in [0.2, 0.25) is 0 Å². The fourth-order valence-corrected chi connectivity index (χ4v) is 1.05. The second-order valence-corrected chi connectivity index (χ2v) is 3.53. The fraction of sp³-hybridized carbons (Fsp3) is 1.00. The van der Waals surface area contributed by atoms with Crippen molar-refractivity contribution in [2.24, 2.45) is 0 Å². The molecule has 1 heterocycles. The second-order valence-electron chi connectivity index (χ2n) is 3.53. The van der Waals surface area contributed by atoms with Crippen molar-refractivity contribution in [1.82, 2.24) is 0 Å². The third-order valence-electron chi connectivity index (χ3n) is 1.98. The van der Waals surface area contributed by atoms with Crippen LogP contribution >= 0.6 is 0 Å². The highest BCUT2D eigenvalue weighted by Gasteiger charge is 2.57. The molecule has 1 aliphatic rings. The van der Waals surface area contributed by atoms with Crippen molar-refractivity contribution in [3.8, 4) is 0 Å². The van der Waals surface area contributed by atoms with Crippen LogP contribution in [0.1, 0.15) is 56.4 Å². The van der Waals surface area contributed by atoms with Gasteiger partial charge in [-0.25, -0.2) is 22.0 Å². The van der Waals surface area contributed by atoms with Crippen LogP contribution < -0.4 is 0 Å². The third kappa shape index (κ3) is 9.44. The first-order valence-corrected chi connectivity index (χ1v) is 4.72. The van der Waals surface area contributed by atoms with E-state index in [1.54, 1.807) is 0 Å². The van der Waals surface area contributed by atoms with E-state index in [2.05, 4.69) is 4.74 Å². The lowest BCUT2D eigenvalue weighted by Crippen LogP contribution is -2.51. The molecule has 0 aromatic rings. The molecular formula is C13H30F6O. The number of ether oxygens (including phenoxy) is 1. The normalized spacial score (nSPS) is 23.4. The van der Waals surface area contributed by atoms with Crippen LogP contribution in [0.5, 0.6) is 0 Å². The number of hydrogen-bond donors (Lipinski definition) is 0. The van der Waals surface area contributed by atoms with Gasteiger partial charge in [0.1, 0.15) is 6.61 Å². The van der Waals surface area contributed by atoms with E-state index in [4.69, 9.17) is 0 Å². The maximum absolute atomic E-state index is 13.1. The standard InChI is InChI=1S/C7H9F5O.C2H5F.4CH4/c1-5(8,9)7(12)3-2-6(10,11)4-13-7;1-2-3;;;;/h2-4H2,1H3;2H2,1H3;4*1H4. The zero-order valence-corrected chi connectivity index (χ0v) is 9.00. The highest BCUT2D eigenvalue weighted by molar-refractivity contribution is 4.88. The smallest absolute Gasteiger partial charge is 0.302 e. The van der Waals surface area contributed by atoms with Crippen LogP contribution in [0.3, 0.4) is 0 Å². The number of hydrogen-bond acceptors (Lipinski definition) is 1. The van der Waals surface area contributed by atoms with Gasteiger partial charge < -0.3 is 4.74 Å². The van der Waals surface area contributed by atoms with Crippen LogP contribution in [0.2, 0.25) is 0 Å². The highest BCUT2D eigenvalue weighted by atomic mass is 19.3. The van der Waals surface area contributed by atoms with Gasteiger partial charge in [-0.15, -0.1) is 0 Å². The zero-order valence-electron chi connectivity index (χ0n) is 9.00. The summed E-state index contributed by atoms with van der Waals surface area (Å²) in [4.78, 5) is 0. The molecule has 1 atom stereocenters. The molecule has 130 valence electrons. The van der Waals surface area contributed by atoms with Gasteiger partial charge in [0.05, 0.1) is 6.67 Å².